The molecule has 0 saturated heterocycles. The van der Waals surface area contributed by atoms with Crippen molar-refractivity contribution in [2.24, 2.45) is 0 Å². The minimum Gasteiger partial charge on any atom is -0.396 e. The number of anilines is 1. The van der Waals surface area contributed by atoms with Gasteiger partial charge in [0.05, 0.1) is 18.1 Å². The van der Waals surface area contributed by atoms with Crippen LogP contribution in [0.25, 0.3) is 10.8 Å². The predicted octanol–water partition coefficient (Wildman–Crippen LogP) is 3.36. The number of nitrogens with zero attached hydrogens (tertiary/aromatic N) is 2. The summed E-state index contributed by atoms with van der Waals surface area (Å²) in [7, 11) is 0. The van der Waals surface area contributed by atoms with Crippen molar-refractivity contribution >= 4 is 28.2 Å². The van der Waals surface area contributed by atoms with Gasteiger partial charge in [-0.3, -0.25) is 0 Å². The van der Waals surface area contributed by atoms with Crippen molar-refractivity contribution in [3.8, 4) is 0 Å². The van der Waals surface area contributed by atoms with Crippen molar-refractivity contribution in [3.63, 3.8) is 0 Å². The number of aromatic nitrogens is 2. The summed E-state index contributed by atoms with van der Waals surface area (Å²) in [6, 6.07) is 14.6. The molecule has 18 heavy (non-hydrogen) atoms. The second-order valence-corrected chi connectivity index (χ2v) is 4.95. The van der Waals surface area contributed by atoms with Gasteiger partial charge >= 0.3 is 0 Å². The molecule has 0 saturated carbocycles. The van der Waals surface area contributed by atoms with E-state index in [0.717, 1.165) is 4.90 Å². The monoisotopic (exact) mass is 253 g/mol. The largest absolute Gasteiger partial charge is 0.396 e. The van der Waals surface area contributed by atoms with Crippen LogP contribution in [0.15, 0.2) is 64.9 Å². The van der Waals surface area contributed by atoms with Gasteiger partial charge in [-0.25, -0.2) is 9.97 Å². The molecule has 0 fully saturated rings. The van der Waals surface area contributed by atoms with Gasteiger partial charge in [0, 0.05) is 4.90 Å². The minimum absolute atomic E-state index is 0.581. The Morgan fingerprint density at radius 1 is 0.889 bits per heavy atom. The van der Waals surface area contributed by atoms with E-state index in [1.54, 1.807) is 12.4 Å². The molecule has 0 aliphatic carbocycles. The smallest absolute Gasteiger partial charge is 0.192 e. The quantitative estimate of drug-likeness (QED) is 0.711. The molecular formula is C14H11N3S. The molecule has 3 rings (SSSR count). The van der Waals surface area contributed by atoms with Crippen molar-refractivity contribution in [3.05, 3.63) is 54.9 Å². The number of nitrogen functional groups attached to an aromatic ring is 1. The van der Waals surface area contributed by atoms with Crippen LogP contribution in [0.3, 0.4) is 0 Å². The fraction of sp³-hybridized carbons (Fsp3) is 0. The molecule has 0 radical (unpaired) electrons. The molecule has 1 aromatic heterocycles. The highest BCUT2D eigenvalue weighted by Gasteiger charge is 2.01. The molecule has 0 aliphatic rings. The van der Waals surface area contributed by atoms with Crippen LogP contribution in [0.1, 0.15) is 0 Å². The maximum Gasteiger partial charge on any atom is 0.192 e. The van der Waals surface area contributed by atoms with Crippen LogP contribution >= 0.6 is 11.8 Å². The Bertz CT molecular complexity index is 680. The highest BCUT2D eigenvalue weighted by molar-refractivity contribution is 7.99. The summed E-state index contributed by atoms with van der Waals surface area (Å²) < 4.78 is 0. The number of hydrogen-bond donors (Lipinski definition) is 1. The highest BCUT2D eigenvalue weighted by Crippen LogP contribution is 2.27. The van der Waals surface area contributed by atoms with Crippen LogP contribution in [-0.4, -0.2) is 9.97 Å². The predicted molar refractivity (Wildman–Crippen MR) is 74.5 cm³/mol. The topological polar surface area (TPSA) is 51.8 Å². The number of nitrogens with two attached hydrogens (primary N) is 1. The van der Waals surface area contributed by atoms with Crippen LogP contribution in [0.2, 0.25) is 0 Å². The van der Waals surface area contributed by atoms with E-state index in [1.165, 1.54) is 22.5 Å². The highest BCUT2D eigenvalue weighted by atomic mass is 32.2. The van der Waals surface area contributed by atoms with Crippen molar-refractivity contribution in [2.75, 3.05) is 5.73 Å². The van der Waals surface area contributed by atoms with Crippen LogP contribution in [0.5, 0.6) is 0 Å². The van der Waals surface area contributed by atoms with Gasteiger partial charge in [0.2, 0.25) is 0 Å². The van der Waals surface area contributed by atoms with Gasteiger partial charge in [-0.05, 0) is 34.7 Å². The van der Waals surface area contributed by atoms with Gasteiger partial charge in [0.1, 0.15) is 0 Å². The van der Waals surface area contributed by atoms with Gasteiger partial charge in [-0.15, -0.1) is 0 Å². The molecule has 0 spiro atoms. The van der Waals surface area contributed by atoms with Crippen molar-refractivity contribution < 1.29 is 0 Å². The Morgan fingerprint density at radius 2 is 1.61 bits per heavy atom. The summed E-state index contributed by atoms with van der Waals surface area (Å²) in [6.45, 7) is 0. The molecule has 2 aromatic carbocycles. The van der Waals surface area contributed by atoms with Crippen molar-refractivity contribution in [2.45, 2.75) is 10.1 Å². The van der Waals surface area contributed by atoms with Gasteiger partial charge in [-0.1, -0.05) is 30.3 Å². The van der Waals surface area contributed by atoms with Crippen LogP contribution < -0.4 is 5.73 Å². The summed E-state index contributed by atoms with van der Waals surface area (Å²) in [5.74, 6) is 0. The fourth-order valence-corrected chi connectivity index (χ4v) is 2.46. The Kier molecular flexibility index (Phi) is 2.86. The first-order valence-corrected chi connectivity index (χ1v) is 6.37. The van der Waals surface area contributed by atoms with Crippen LogP contribution in [-0.2, 0) is 0 Å². The van der Waals surface area contributed by atoms with E-state index in [-0.39, 0.29) is 0 Å². The molecule has 0 bridgehead atoms. The van der Waals surface area contributed by atoms with E-state index in [2.05, 4.69) is 40.3 Å². The molecule has 0 amide bonds. The first-order valence-electron chi connectivity index (χ1n) is 5.55. The first-order chi connectivity index (χ1) is 8.81. The zero-order chi connectivity index (χ0) is 12.4. The molecule has 3 aromatic rings. The second kappa shape index (κ2) is 4.66. The third-order valence-corrected chi connectivity index (χ3v) is 3.46. The first kappa shape index (κ1) is 11.0. The average Bonchev–Trinajstić information content (AvgIpc) is 2.41. The number of hydrogen-bond acceptors (Lipinski definition) is 4. The third-order valence-electron chi connectivity index (χ3n) is 2.58. The molecule has 3 nitrogen and oxygen atoms in total. The number of rotatable bonds is 2. The molecule has 0 aliphatic heterocycles. The zero-order valence-electron chi connectivity index (χ0n) is 9.58. The Labute approximate surface area is 109 Å². The standard InChI is InChI=1S/C14H11N3S/c15-12-8-16-14(17-9-12)18-13-6-5-10-3-1-2-4-11(10)7-13/h1-9H,15H2. The summed E-state index contributed by atoms with van der Waals surface area (Å²) in [5, 5.41) is 3.16. The number of fused-ring (bicyclic) bond motifs is 1. The average molecular weight is 253 g/mol. The summed E-state index contributed by atoms with van der Waals surface area (Å²) in [4.78, 5) is 9.48. The molecule has 0 unspecified atom stereocenters. The summed E-state index contributed by atoms with van der Waals surface area (Å²) in [5.41, 5.74) is 6.14. The van der Waals surface area contributed by atoms with E-state index in [1.807, 2.05) is 12.1 Å². The zero-order valence-corrected chi connectivity index (χ0v) is 10.4. The van der Waals surface area contributed by atoms with E-state index in [9.17, 15) is 0 Å². The summed E-state index contributed by atoms with van der Waals surface area (Å²) in [6.07, 6.45) is 3.24. The number of benzene rings is 2. The van der Waals surface area contributed by atoms with E-state index in [4.69, 9.17) is 5.73 Å². The van der Waals surface area contributed by atoms with Crippen LogP contribution in [0, 0.1) is 0 Å². The lowest BCUT2D eigenvalue weighted by atomic mass is 10.1. The van der Waals surface area contributed by atoms with Gasteiger partial charge in [0.25, 0.3) is 0 Å². The lowest BCUT2D eigenvalue weighted by Gasteiger charge is -2.02. The SMILES string of the molecule is Nc1cnc(Sc2ccc3ccccc3c2)nc1. The molecule has 4 heteroatoms. The van der Waals surface area contributed by atoms with Crippen molar-refractivity contribution in [1.82, 2.24) is 9.97 Å². The third kappa shape index (κ3) is 2.28. The van der Waals surface area contributed by atoms with E-state index < -0.39 is 0 Å². The lowest BCUT2D eigenvalue weighted by Crippen LogP contribution is -1.90. The normalized spacial score (nSPS) is 10.7. The second-order valence-electron chi connectivity index (χ2n) is 3.91. The van der Waals surface area contributed by atoms with Crippen molar-refractivity contribution in [1.29, 1.82) is 0 Å². The molecule has 1 heterocycles. The molecule has 88 valence electrons. The van der Waals surface area contributed by atoms with Gasteiger partial charge < -0.3 is 5.73 Å². The van der Waals surface area contributed by atoms with Gasteiger partial charge in [0.15, 0.2) is 5.16 Å². The maximum atomic E-state index is 5.56. The fourth-order valence-electron chi connectivity index (χ4n) is 1.72. The lowest BCUT2D eigenvalue weighted by molar-refractivity contribution is 0.971. The Hall–Kier alpha value is -2.07. The van der Waals surface area contributed by atoms with E-state index in [0.29, 0.717) is 10.8 Å². The molecular weight excluding hydrogens is 242 g/mol. The minimum atomic E-state index is 0.581. The van der Waals surface area contributed by atoms with E-state index >= 15 is 0 Å². The maximum absolute atomic E-state index is 5.56. The van der Waals surface area contributed by atoms with Crippen LogP contribution in [0.4, 0.5) is 5.69 Å². The van der Waals surface area contributed by atoms with Gasteiger partial charge in [-0.2, -0.15) is 0 Å². The summed E-state index contributed by atoms with van der Waals surface area (Å²) >= 11 is 1.53. The Morgan fingerprint density at radius 3 is 2.39 bits per heavy atom. The molecule has 2 N–H and O–H groups in total. The molecule has 0 atom stereocenters. The Balaban J connectivity index is 1.92.